The van der Waals surface area contributed by atoms with Crippen LogP contribution in [0.2, 0.25) is 0 Å². The van der Waals surface area contributed by atoms with Crippen LogP contribution in [0, 0.1) is 13.8 Å². The van der Waals surface area contributed by atoms with Gasteiger partial charge in [0.2, 0.25) is 0 Å². The van der Waals surface area contributed by atoms with Crippen LogP contribution in [0.4, 0.5) is 5.13 Å². The van der Waals surface area contributed by atoms with Crippen molar-refractivity contribution in [3.8, 4) is 5.75 Å². The molecule has 1 N–H and O–H groups in total. The van der Waals surface area contributed by atoms with Crippen LogP contribution >= 0.6 is 11.3 Å². The highest BCUT2D eigenvalue weighted by Gasteiger charge is 2.48. The monoisotopic (exact) mass is 596 g/mol. The summed E-state index contributed by atoms with van der Waals surface area (Å²) in [4.78, 5) is 45.3. The van der Waals surface area contributed by atoms with Gasteiger partial charge in [0.25, 0.3) is 5.78 Å². The number of anilines is 1. The molecule has 0 radical (unpaired) electrons. The normalized spacial score (nSPS) is 16.1. The summed E-state index contributed by atoms with van der Waals surface area (Å²) in [7, 11) is 1.27. The minimum atomic E-state index is -0.964. The summed E-state index contributed by atoms with van der Waals surface area (Å²) in [5.74, 6) is -1.72. The molecule has 5 rings (SSSR count). The molecular formula is C34H32N2O6S. The standard InChI is InChI=1S/C34H32N2O6S/c1-19(2)22-10-12-23(13-11-22)28-27(30(38)32(39)36(28)34-35-21(4)31(43-34)33(40)41-5)29(37)24-14-16-26(17-15-24)42-18-25-9-7-6-8-20(25)3/h6-17,19,28,37H,18H2,1-5H3/b29-27+. The lowest BCUT2D eigenvalue weighted by atomic mass is 9.93. The number of aryl methyl sites for hydroxylation is 2. The smallest absolute Gasteiger partial charge is 0.350 e. The van der Waals surface area contributed by atoms with Gasteiger partial charge in [0.05, 0.1) is 24.4 Å². The molecule has 0 bridgehead atoms. The lowest BCUT2D eigenvalue weighted by molar-refractivity contribution is -0.132. The first-order chi connectivity index (χ1) is 20.6. The van der Waals surface area contributed by atoms with Crippen molar-refractivity contribution in [2.45, 2.75) is 46.3 Å². The molecule has 1 unspecified atom stereocenters. The Balaban J connectivity index is 1.55. The van der Waals surface area contributed by atoms with E-state index in [-0.39, 0.29) is 27.3 Å². The number of amides is 1. The van der Waals surface area contributed by atoms with Gasteiger partial charge in [0, 0.05) is 5.56 Å². The molecule has 0 spiro atoms. The summed E-state index contributed by atoms with van der Waals surface area (Å²) in [6.45, 7) is 8.18. The van der Waals surface area contributed by atoms with Gasteiger partial charge >= 0.3 is 11.9 Å². The molecule has 4 aromatic rings. The van der Waals surface area contributed by atoms with E-state index in [9.17, 15) is 19.5 Å². The number of ether oxygens (including phenoxy) is 2. The number of aromatic nitrogens is 1. The highest BCUT2D eigenvalue weighted by molar-refractivity contribution is 7.17. The summed E-state index contributed by atoms with van der Waals surface area (Å²) in [6, 6.07) is 21.3. The van der Waals surface area contributed by atoms with E-state index in [4.69, 9.17) is 9.47 Å². The summed E-state index contributed by atoms with van der Waals surface area (Å²) in [5.41, 5.74) is 4.56. The van der Waals surface area contributed by atoms with E-state index in [2.05, 4.69) is 18.8 Å². The molecule has 2 heterocycles. The van der Waals surface area contributed by atoms with Crippen molar-refractivity contribution >= 4 is 39.9 Å². The SMILES string of the molecule is COC(=O)c1sc(N2C(=O)C(=O)/C(=C(/O)c3ccc(OCc4ccccc4C)cc3)C2c2ccc(C(C)C)cc2)nc1C. The number of hydrogen-bond acceptors (Lipinski definition) is 8. The lowest BCUT2D eigenvalue weighted by Crippen LogP contribution is -2.29. The number of ketones is 1. The number of methoxy groups -OCH3 is 1. The minimum Gasteiger partial charge on any atom is -0.507 e. The van der Waals surface area contributed by atoms with Crippen LogP contribution in [0.15, 0.2) is 78.4 Å². The van der Waals surface area contributed by atoms with E-state index < -0.39 is 23.7 Å². The number of aliphatic hydroxyl groups is 1. The van der Waals surface area contributed by atoms with Gasteiger partial charge in [-0.3, -0.25) is 14.5 Å². The summed E-state index contributed by atoms with van der Waals surface area (Å²) in [5, 5.41) is 11.7. The molecule has 1 aliphatic heterocycles. The second kappa shape index (κ2) is 12.2. The number of rotatable bonds is 8. The molecular weight excluding hydrogens is 564 g/mol. The zero-order valence-electron chi connectivity index (χ0n) is 24.6. The third kappa shape index (κ3) is 5.81. The third-order valence-corrected chi connectivity index (χ3v) is 8.65. The predicted octanol–water partition coefficient (Wildman–Crippen LogP) is 6.88. The van der Waals surface area contributed by atoms with Gasteiger partial charge in [-0.15, -0.1) is 0 Å². The number of benzene rings is 3. The van der Waals surface area contributed by atoms with Gasteiger partial charge in [-0.2, -0.15) is 0 Å². The number of nitrogens with zero attached hydrogens (tertiary/aromatic N) is 2. The van der Waals surface area contributed by atoms with Crippen LogP contribution in [-0.2, 0) is 20.9 Å². The molecule has 8 nitrogen and oxygen atoms in total. The number of Topliss-reactive ketones (excluding diaryl/α,β-unsaturated/α-hetero) is 1. The Kier molecular flexibility index (Phi) is 8.45. The van der Waals surface area contributed by atoms with Crippen LogP contribution in [0.1, 0.15) is 69.0 Å². The number of esters is 1. The highest BCUT2D eigenvalue weighted by Crippen LogP contribution is 2.44. The first kappa shape index (κ1) is 29.7. The Morgan fingerprint density at radius 2 is 1.67 bits per heavy atom. The van der Waals surface area contributed by atoms with Crippen LogP contribution in [0.5, 0.6) is 5.75 Å². The Hall–Kier alpha value is -4.76. The Bertz CT molecular complexity index is 1720. The first-order valence-corrected chi connectivity index (χ1v) is 14.7. The fourth-order valence-corrected chi connectivity index (χ4v) is 5.99. The molecule has 1 amide bonds. The zero-order chi connectivity index (χ0) is 30.8. The second-order valence-corrected chi connectivity index (χ2v) is 11.6. The average Bonchev–Trinajstić information content (AvgIpc) is 3.52. The van der Waals surface area contributed by atoms with E-state index in [1.165, 1.54) is 12.0 Å². The molecule has 3 aromatic carbocycles. The number of hydrogen-bond donors (Lipinski definition) is 1. The summed E-state index contributed by atoms with van der Waals surface area (Å²) >= 11 is 0.964. The maximum atomic E-state index is 13.6. The molecule has 220 valence electrons. The minimum absolute atomic E-state index is 0.0663. The van der Waals surface area contributed by atoms with Crippen molar-refractivity contribution in [2.24, 2.45) is 0 Å². The van der Waals surface area contributed by atoms with Crippen molar-refractivity contribution in [1.82, 2.24) is 4.98 Å². The maximum absolute atomic E-state index is 13.6. The maximum Gasteiger partial charge on any atom is 0.350 e. The lowest BCUT2D eigenvalue weighted by Gasteiger charge is -2.23. The van der Waals surface area contributed by atoms with Crippen molar-refractivity contribution < 1.29 is 29.0 Å². The quantitative estimate of drug-likeness (QED) is 0.102. The van der Waals surface area contributed by atoms with Crippen molar-refractivity contribution in [1.29, 1.82) is 0 Å². The third-order valence-electron chi connectivity index (χ3n) is 7.51. The fraction of sp³-hybridized carbons (Fsp3) is 0.235. The van der Waals surface area contributed by atoms with E-state index in [1.54, 1.807) is 31.2 Å². The fourth-order valence-electron chi connectivity index (χ4n) is 4.97. The van der Waals surface area contributed by atoms with Crippen molar-refractivity contribution in [3.63, 3.8) is 0 Å². The van der Waals surface area contributed by atoms with Crippen molar-refractivity contribution in [2.75, 3.05) is 12.0 Å². The average molecular weight is 597 g/mol. The number of carbonyl (C=O) groups excluding carboxylic acids is 3. The highest BCUT2D eigenvalue weighted by atomic mass is 32.1. The van der Waals surface area contributed by atoms with Gasteiger partial charge in [0.15, 0.2) is 5.13 Å². The zero-order valence-corrected chi connectivity index (χ0v) is 25.4. The van der Waals surface area contributed by atoms with Crippen LogP contribution < -0.4 is 9.64 Å². The van der Waals surface area contributed by atoms with Gasteiger partial charge in [-0.25, -0.2) is 9.78 Å². The Labute approximate surface area is 254 Å². The number of aliphatic hydroxyl groups excluding tert-OH is 1. The molecule has 1 aromatic heterocycles. The molecule has 1 aliphatic rings. The summed E-state index contributed by atoms with van der Waals surface area (Å²) < 4.78 is 10.8. The van der Waals surface area contributed by atoms with Crippen LogP contribution in [0.25, 0.3) is 5.76 Å². The van der Waals surface area contributed by atoms with Gasteiger partial charge in [0.1, 0.15) is 23.0 Å². The van der Waals surface area contributed by atoms with Crippen molar-refractivity contribution in [3.05, 3.63) is 117 Å². The van der Waals surface area contributed by atoms with Gasteiger partial charge in [-0.1, -0.05) is 73.7 Å². The molecule has 0 saturated carbocycles. The van der Waals surface area contributed by atoms with Crippen LogP contribution in [0.3, 0.4) is 0 Å². The molecule has 9 heteroatoms. The second-order valence-electron chi connectivity index (χ2n) is 10.6. The largest absolute Gasteiger partial charge is 0.507 e. The molecule has 1 atom stereocenters. The predicted molar refractivity (Wildman–Crippen MR) is 165 cm³/mol. The van der Waals surface area contributed by atoms with Gasteiger partial charge in [-0.05, 0) is 66.3 Å². The first-order valence-electron chi connectivity index (χ1n) is 13.8. The van der Waals surface area contributed by atoms with Crippen LogP contribution in [-0.4, -0.2) is 34.9 Å². The number of carbonyl (C=O) groups is 3. The van der Waals surface area contributed by atoms with Gasteiger partial charge < -0.3 is 14.6 Å². The molecule has 1 saturated heterocycles. The van der Waals surface area contributed by atoms with E-state index >= 15 is 0 Å². The topological polar surface area (TPSA) is 106 Å². The van der Waals surface area contributed by atoms with E-state index in [0.717, 1.165) is 28.0 Å². The summed E-state index contributed by atoms with van der Waals surface area (Å²) in [6.07, 6.45) is 0. The number of thiazole rings is 1. The Morgan fingerprint density at radius 3 is 2.30 bits per heavy atom. The molecule has 0 aliphatic carbocycles. The molecule has 43 heavy (non-hydrogen) atoms. The molecule has 1 fully saturated rings. The van der Waals surface area contributed by atoms with E-state index in [0.29, 0.717) is 29.2 Å². The Morgan fingerprint density at radius 1 is 1.00 bits per heavy atom. The van der Waals surface area contributed by atoms with E-state index in [1.807, 2.05) is 55.5 Å².